The fourth-order valence-corrected chi connectivity index (χ4v) is 6.56. The molecule has 0 saturated heterocycles. The van der Waals surface area contributed by atoms with Crippen LogP contribution in [0.4, 0.5) is 0 Å². The maximum absolute atomic E-state index is 12.2. The Hall–Kier alpha value is -1.10. The number of esters is 2. The summed E-state index contributed by atoms with van der Waals surface area (Å²) in [5.41, 5.74) is 0. The highest BCUT2D eigenvalue weighted by Gasteiger charge is 2.16. The van der Waals surface area contributed by atoms with E-state index < -0.39 is 6.10 Å². The molecule has 0 rings (SSSR count). The summed E-state index contributed by atoms with van der Waals surface area (Å²) >= 11 is 0. The van der Waals surface area contributed by atoms with Crippen LogP contribution in [0.5, 0.6) is 0 Å². The van der Waals surface area contributed by atoms with Crippen LogP contribution < -0.4 is 0 Å². The van der Waals surface area contributed by atoms with Crippen molar-refractivity contribution >= 4 is 11.9 Å². The summed E-state index contributed by atoms with van der Waals surface area (Å²) in [6.07, 6.45) is 41.7. The van der Waals surface area contributed by atoms with E-state index in [2.05, 4.69) is 20.8 Å². The lowest BCUT2D eigenvalue weighted by Gasteiger charge is -2.15. The lowest BCUT2D eigenvalue weighted by molar-refractivity contribution is -0.161. The van der Waals surface area contributed by atoms with Crippen LogP contribution in [0.3, 0.4) is 0 Å². The third-order valence-electron chi connectivity index (χ3n) is 9.83. The molecule has 0 aliphatic carbocycles. The van der Waals surface area contributed by atoms with E-state index in [1.807, 2.05) is 0 Å². The lowest BCUT2D eigenvalue weighted by atomic mass is 10.0. The van der Waals surface area contributed by atoms with E-state index in [-0.39, 0.29) is 25.2 Å². The zero-order valence-corrected chi connectivity index (χ0v) is 32.7. The molecule has 0 radical (unpaired) electrons. The summed E-state index contributed by atoms with van der Waals surface area (Å²) in [6, 6.07) is 0. The molecule has 0 aliphatic rings. The van der Waals surface area contributed by atoms with Crippen molar-refractivity contribution in [3.05, 3.63) is 0 Å². The largest absolute Gasteiger partial charge is 0.462 e. The van der Waals surface area contributed by atoms with Crippen LogP contribution >= 0.6 is 0 Å². The molecule has 5 nitrogen and oxygen atoms in total. The Morgan fingerprint density at radius 1 is 0.458 bits per heavy atom. The maximum atomic E-state index is 12.2. The molecule has 0 aliphatic heterocycles. The number of aliphatic hydroxyl groups is 1. The zero-order chi connectivity index (χ0) is 35.2. The molecule has 0 aromatic rings. The number of rotatable bonds is 39. The van der Waals surface area contributed by atoms with E-state index in [1.54, 1.807) is 0 Å². The molecule has 0 heterocycles. The minimum atomic E-state index is -0.762. The van der Waals surface area contributed by atoms with E-state index in [0.29, 0.717) is 12.8 Å². The van der Waals surface area contributed by atoms with Gasteiger partial charge in [-0.25, -0.2) is 0 Å². The van der Waals surface area contributed by atoms with Gasteiger partial charge >= 0.3 is 11.9 Å². The monoisotopic (exact) mass is 681 g/mol. The fourth-order valence-electron chi connectivity index (χ4n) is 6.56. The van der Waals surface area contributed by atoms with Gasteiger partial charge in [0.25, 0.3) is 0 Å². The van der Waals surface area contributed by atoms with Crippen molar-refractivity contribution in [3.63, 3.8) is 0 Å². The van der Waals surface area contributed by atoms with Crippen LogP contribution in [0.2, 0.25) is 0 Å². The number of hydrogen-bond acceptors (Lipinski definition) is 5. The number of unbranched alkanes of at least 4 members (excludes halogenated alkanes) is 29. The maximum Gasteiger partial charge on any atom is 0.306 e. The third kappa shape index (κ3) is 37.7. The third-order valence-corrected chi connectivity index (χ3v) is 9.83. The van der Waals surface area contributed by atoms with Gasteiger partial charge in [-0.05, 0) is 18.8 Å². The Bertz CT molecular complexity index is 664. The molecule has 1 atom stereocenters. The minimum Gasteiger partial charge on any atom is -0.462 e. The smallest absolute Gasteiger partial charge is 0.306 e. The SMILES string of the molecule is CCCCCCCCCCCCCCCCCC(=O)O[C@@H](CO)COC(=O)CCCCCCCCCCCCCCCCCCC(C)C. The average molecular weight is 681 g/mol. The van der Waals surface area contributed by atoms with Crippen molar-refractivity contribution in [3.8, 4) is 0 Å². The number of carbonyl (C=O) groups excluding carboxylic acids is 2. The molecule has 48 heavy (non-hydrogen) atoms. The van der Waals surface area contributed by atoms with E-state index in [1.165, 1.54) is 173 Å². The molecule has 286 valence electrons. The molecule has 0 bridgehead atoms. The van der Waals surface area contributed by atoms with Gasteiger partial charge in [-0.3, -0.25) is 9.59 Å². The second kappa shape index (κ2) is 38.7. The first-order valence-electron chi connectivity index (χ1n) is 21.5. The Balaban J connectivity index is 3.47. The van der Waals surface area contributed by atoms with Crippen LogP contribution in [0.15, 0.2) is 0 Å². The number of carbonyl (C=O) groups is 2. The molecule has 5 heteroatoms. The molecule has 1 N–H and O–H groups in total. The van der Waals surface area contributed by atoms with Crippen LogP contribution in [-0.4, -0.2) is 36.4 Å². The van der Waals surface area contributed by atoms with Crippen LogP contribution in [0, 0.1) is 5.92 Å². The Morgan fingerprint density at radius 2 is 0.771 bits per heavy atom. The van der Waals surface area contributed by atoms with Gasteiger partial charge in [0, 0.05) is 12.8 Å². The normalized spacial score (nSPS) is 12.1. The molecule has 0 amide bonds. The van der Waals surface area contributed by atoms with Crippen LogP contribution in [-0.2, 0) is 19.1 Å². The molecule has 0 fully saturated rings. The summed E-state index contributed by atoms with van der Waals surface area (Å²) < 4.78 is 10.6. The molecule has 0 saturated carbocycles. The van der Waals surface area contributed by atoms with Crippen molar-refractivity contribution in [2.24, 2.45) is 5.92 Å². The van der Waals surface area contributed by atoms with Gasteiger partial charge in [0.1, 0.15) is 6.61 Å². The standard InChI is InChI=1S/C43H84O5/c1-4-5-6-7-8-9-10-11-14-19-22-25-28-31-34-37-43(46)48-41(38-44)39-47-42(45)36-33-30-27-24-21-18-16-13-12-15-17-20-23-26-29-32-35-40(2)3/h40-41,44H,4-39H2,1-3H3/t41-/m0/s1. The molecule has 0 unspecified atom stereocenters. The molecular formula is C43H84O5. The van der Waals surface area contributed by atoms with Crippen LogP contribution in [0.1, 0.15) is 239 Å². The van der Waals surface area contributed by atoms with E-state index in [0.717, 1.165) is 38.0 Å². The van der Waals surface area contributed by atoms with Crippen molar-refractivity contribution < 1.29 is 24.2 Å². The first-order valence-corrected chi connectivity index (χ1v) is 21.5. The summed E-state index contributed by atoms with van der Waals surface area (Å²) in [7, 11) is 0. The minimum absolute atomic E-state index is 0.0572. The molecule has 0 aromatic heterocycles. The van der Waals surface area contributed by atoms with E-state index in [4.69, 9.17) is 9.47 Å². The highest BCUT2D eigenvalue weighted by Crippen LogP contribution is 2.16. The fraction of sp³-hybridized carbons (Fsp3) is 0.953. The molecule has 0 aromatic carbocycles. The van der Waals surface area contributed by atoms with Crippen molar-refractivity contribution in [1.29, 1.82) is 0 Å². The van der Waals surface area contributed by atoms with Crippen molar-refractivity contribution in [2.75, 3.05) is 13.2 Å². The second-order valence-corrected chi connectivity index (χ2v) is 15.3. The van der Waals surface area contributed by atoms with Gasteiger partial charge in [-0.1, -0.05) is 213 Å². The quantitative estimate of drug-likeness (QED) is 0.0517. The molecule has 0 spiro atoms. The van der Waals surface area contributed by atoms with Crippen LogP contribution in [0.25, 0.3) is 0 Å². The highest BCUT2D eigenvalue weighted by atomic mass is 16.6. The summed E-state index contributed by atoms with van der Waals surface area (Å²) in [5, 5.41) is 9.57. The van der Waals surface area contributed by atoms with Gasteiger partial charge < -0.3 is 14.6 Å². The Morgan fingerprint density at radius 3 is 1.10 bits per heavy atom. The highest BCUT2D eigenvalue weighted by molar-refractivity contribution is 5.70. The predicted octanol–water partition coefficient (Wildman–Crippen LogP) is 13.4. The van der Waals surface area contributed by atoms with Crippen molar-refractivity contribution in [2.45, 2.75) is 245 Å². The summed E-state index contributed by atoms with van der Waals surface area (Å²) in [4.78, 5) is 24.3. The second-order valence-electron chi connectivity index (χ2n) is 15.3. The summed E-state index contributed by atoms with van der Waals surface area (Å²) in [6.45, 7) is 6.54. The van der Waals surface area contributed by atoms with Gasteiger partial charge in [0.05, 0.1) is 6.61 Å². The Labute approximate surface area is 299 Å². The first-order chi connectivity index (χ1) is 23.5. The number of aliphatic hydroxyl groups excluding tert-OH is 1. The summed E-state index contributed by atoms with van der Waals surface area (Å²) in [5.74, 6) is 0.286. The lowest BCUT2D eigenvalue weighted by Crippen LogP contribution is -2.28. The zero-order valence-electron chi connectivity index (χ0n) is 32.7. The van der Waals surface area contributed by atoms with Gasteiger partial charge in [-0.15, -0.1) is 0 Å². The predicted molar refractivity (Wildman–Crippen MR) is 205 cm³/mol. The topological polar surface area (TPSA) is 72.8 Å². The van der Waals surface area contributed by atoms with Gasteiger partial charge in [0.15, 0.2) is 6.10 Å². The average Bonchev–Trinajstić information content (AvgIpc) is 3.07. The van der Waals surface area contributed by atoms with E-state index in [9.17, 15) is 14.7 Å². The molecular weight excluding hydrogens is 596 g/mol. The van der Waals surface area contributed by atoms with Crippen molar-refractivity contribution in [1.82, 2.24) is 0 Å². The van der Waals surface area contributed by atoms with Gasteiger partial charge in [-0.2, -0.15) is 0 Å². The van der Waals surface area contributed by atoms with E-state index >= 15 is 0 Å². The number of hydrogen-bond donors (Lipinski definition) is 1. The number of ether oxygens (including phenoxy) is 2. The Kier molecular flexibility index (Phi) is 37.8. The first kappa shape index (κ1) is 46.9. The van der Waals surface area contributed by atoms with Gasteiger partial charge in [0.2, 0.25) is 0 Å².